The minimum atomic E-state index is -2.84. The first kappa shape index (κ1) is 17.2. The van der Waals surface area contributed by atoms with E-state index < -0.39 is 9.84 Å². The summed E-state index contributed by atoms with van der Waals surface area (Å²) in [6.07, 6.45) is 4.03. The summed E-state index contributed by atoms with van der Waals surface area (Å²) in [5.41, 5.74) is 2.69. The molecule has 0 aromatic heterocycles. The number of hydrogen-bond donors (Lipinski definition) is 1. The Morgan fingerprint density at radius 1 is 1.25 bits per heavy atom. The Kier molecular flexibility index (Phi) is 7.24. The lowest BCUT2D eigenvalue weighted by atomic mass is 9.92. The molecular formula is C16H27NO2S. The summed E-state index contributed by atoms with van der Waals surface area (Å²) in [4.78, 5) is 0. The Morgan fingerprint density at radius 3 is 2.55 bits per heavy atom. The van der Waals surface area contributed by atoms with E-state index in [1.165, 1.54) is 17.4 Å². The van der Waals surface area contributed by atoms with E-state index in [1.807, 2.05) is 0 Å². The molecule has 0 amide bonds. The van der Waals surface area contributed by atoms with Gasteiger partial charge < -0.3 is 5.32 Å². The van der Waals surface area contributed by atoms with Gasteiger partial charge >= 0.3 is 0 Å². The lowest BCUT2D eigenvalue weighted by Crippen LogP contribution is -2.25. The maximum atomic E-state index is 11.2. The molecule has 0 radical (unpaired) electrons. The Balaban J connectivity index is 2.57. The first-order valence-corrected chi connectivity index (χ1v) is 9.41. The van der Waals surface area contributed by atoms with Gasteiger partial charge in [0.25, 0.3) is 0 Å². The highest BCUT2D eigenvalue weighted by molar-refractivity contribution is 7.90. The van der Waals surface area contributed by atoms with Crippen LogP contribution in [0, 0.1) is 12.8 Å². The molecule has 1 unspecified atom stereocenters. The van der Waals surface area contributed by atoms with Crippen LogP contribution in [0.1, 0.15) is 30.9 Å². The molecule has 0 bridgehead atoms. The van der Waals surface area contributed by atoms with E-state index in [0.717, 1.165) is 32.4 Å². The van der Waals surface area contributed by atoms with E-state index in [2.05, 4.69) is 43.4 Å². The van der Waals surface area contributed by atoms with Gasteiger partial charge in [-0.2, -0.15) is 0 Å². The average molecular weight is 297 g/mol. The summed E-state index contributed by atoms with van der Waals surface area (Å²) in [7, 11) is -2.84. The third-order valence-electron chi connectivity index (χ3n) is 3.58. The largest absolute Gasteiger partial charge is 0.317 e. The third kappa shape index (κ3) is 7.06. The van der Waals surface area contributed by atoms with Crippen LogP contribution in [-0.4, -0.2) is 33.5 Å². The second-order valence-electron chi connectivity index (χ2n) is 5.58. The molecule has 0 fully saturated rings. The normalized spacial score (nSPS) is 13.3. The van der Waals surface area contributed by atoms with E-state index >= 15 is 0 Å². The van der Waals surface area contributed by atoms with Gasteiger partial charge in [-0.25, -0.2) is 8.42 Å². The first-order chi connectivity index (χ1) is 9.42. The van der Waals surface area contributed by atoms with Crippen LogP contribution < -0.4 is 5.32 Å². The molecule has 1 N–H and O–H groups in total. The van der Waals surface area contributed by atoms with Crippen molar-refractivity contribution >= 4 is 9.84 Å². The van der Waals surface area contributed by atoms with Gasteiger partial charge in [0.2, 0.25) is 0 Å². The van der Waals surface area contributed by atoms with Crippen LogP contribution in [0.15, 0.2) is 24.3 Å². The maximum Gasteiger partial charge on any atom is 0.147 e. The van der Waals surface area contributed by atoms with Gasteiger partial charge in [0.1, 0.15) is 9.84 Å². The van der Waals surface area contributed by atoms with E-state index in [4.69, 9.17) is 0 Å². The average Bonchev–Trinajstić information content (AvgIpc) is 2.36. The third-order valence-corrected chi connectivity index (χ3v) is 4.61. The monoisotopic (exact) mass is 297 g/mol. The molecule has 20 heavy (non-hydrogen) atoms. The topological polar surface area (TPSA) is 46.2 Å². The second-order valence-corrected chi connectivity index (χ2v) is 7.84. The van der Waals surface area contributed by atoms with Crippen LogP contribution in [0.25, 0.3) is 0 Å². The smallest absolute Gasteiger partial charge is 0.147 e. The fraction of sp³-hybridized carbons (Fsp3) is 0.625. The Hall–Kier alpha value is -0.870. The maximum absolute atomic E-state index is 11.2. The van der Waals surface area contributed by atoms with Gasteiger partial charge in [0.15, 0.2) is 0 Å². The predicted molar refractivity (Wildman–Crippen MR) is 85.9 cm³/mol. The molecular weight excluding hydrogens is 270 g/mol. The van der Waals surface area contributed by atoms with Crippen molar-refractivity contribution in [3.63, 3.8) is 0 Å². The molecule has 0 aliphatic rings. The van der Waals surface area contributed by atoms with Crippen LogP contribution in [0.4, 0.5) is 0 Å². The fourth-order valence-electron chi connectivity index (χ4n) is 2.41. The number of hydrogen-bond acceptors (Lipinski definition) is 3. The lowest BCUT2D eigenvalue weighted by Gasteiger charge is -2.18. The number of aryl methyl sites for hydroxylation is 1. The van der Waals surface area contributed by atoms with Crippen molar-refractivity contribution < 1.29 is 8.42 Å². The van der Waals surface area contributed by atoms with Crippen molar-refractivity contribution in [1.82, 2.24) is 5.32 Å². The van der Waals surface area contributed by atoms with E-state index in [0.29, 0.717) is 11.7 Å². The highest BCUT2D eigenvalue weighted by atomic mass is 32.2. The zero-order valence-electron chi connectivity index (χ0n) is 12.9. The Bertz CT molecular complexity index is 497. The van der Waals surface area contributed by atoms with Gasteiger partial charge in [0.05, 0.1) is 0 Å². The molecule has 1 atom stereocenters. The Morgan fingerprint density at radius 2 is 1.95 bits per heavy atom. The van der Waals surface area contributed by atoms with Crippen LogP contribution in [0.2, 0.25) is 0 Å². The lowest BCUT2D eigenvalue weighted by molar-refractivity contribution is 0.443. The molecule has 0 heterocycles. The summed E-state index contributed by atoms with van der Waals surface area (Å²) in [5, 5.41) is 3.39. The highest BCUT2D eigenvalue weighted by Gasteiger charge is 2.12. The molecule has 1 aromatic rings. The van der Waals surface area contributed by atoms with Crippen LogP contribution in [0.3, 0.4) is 0 Å². The van der Waals surface area contributed by atoms with Crippen LogP contribution in [-0.2, 0) is 16.3 Å². The highest BCUT2D eigenvalue weighted by Crippen LogP contribution is 2.17. The molecule has 1 aromatic carbocycles. The summed E-state index contributed by atoms with van der Waals surface area (Å²) in [6.45, 7) is 6.14. The van der Waals surface area contributed by atoms with E-state index in [1.54, 1.807) is 0 Å². The number of nitrogens with one attached hydrogen (secondary N) is 1. The van der Waals surface area contributed by atoms with Crippen LogP contribution in [0.5, 0.6) is 0 Å². The second kappa shape index (κ2) is 8.42. The van der Waals surface area contributed by atoms with Crippen molar-refractivity contribution in [2.24, 2.45) is 5.92 Å². The van der Waals surface area contributed by atoms with E-state index in [9.17, 15) is 8.42 Å². The molecule has 114 valence electrons. The number of rotatable bonds is 9. The van der Waals surface area contributed by atoms with Gasteiger partial charge in [-0.1, -0.05) is 31.2 Å². The minimum absolute atomic E-state index is 0.295. The molecule has 0 saturated carbocycles. The summed E-state index contributed by atoms with van der Waals surface area (Å²) in [5.74, 6) is 0.793. The van der Waals surface area contributed by atoms with Crippen molar-refractivity contribution in [3.8, 4) is 0 Å². The van der Waals surface area contributed by atoms with Crippen LogP contribution >= 0.6 is 0 Å². The molecule has 3 nitrogen and oxygen atoms in total. The molecule has 4 heteroatoms. The first-order valence-electron chi connectivity index (χ1n) is 7.35. The quantitative estimate of drug-likeness (QED) is 0.762. The molecule has 0 spiro atoms. The molecule has 0 saturated heterocycles. The van der Waals surface area contributed by atoms with E-state index in [-0.39, 0.29) is 0 Å². The fourth-order valence-corrected chi connectivity index (χ4v) is 3.10. The van der Waals surface area contributed by atoms with Crippen molar-refractivity contribution in [2.45, 2.75) is 33.1 Å². The van der Waals surface area contributed by atoms with Gasteiger partial charge in [-0.05, 0) is 56.3 Å². The standard InChI is InChI=1S/C16H27NO2S/c1-4-17-13-15(9-7-11-20(3,18)19)12-16-10-6-5-8-14(16)2/h5-6,8,10,15,17H,4,7,9,11-13H2,1-3H3. The number of sulfone groups is 1. The van der Waals surface area contributed by atoms with Gasteiger partial charge in [-0.3, -0.25) is 0 Å². The van der Waals surface area contributed by atoms with Crippen molar-refractivity contribution in [3.05, 3.63) is 35.4 Å². The van der Waals surface area contributed by atoms with Crippen molar-refractivity contribution in [1.29, 1.82) is 0 Å². The van der Waals surface area contributed by atoms with Gasteiger partial charge in [-0.15, -0.1) is 0 Å². The Labute approximate surface area is 123 Å². The minimum Gasteiger partial charge on any atom is -0.317 e. The zero-order valence-corrected chi connectivity index (χ0v) is 13.7. The SMILES string of the molecule is CCNCC(CCCS(C)(=O)=O)Cc1ccccc1C. The summed E-state index contributed by atoms with van der Waals surface area (Å²) >= 11 is 0. The van der Waals surface area contributed by atoms with Gasteiger partial charge in [0, 0.05) is 12.0 Å². The number of benzene rings is 1. The summed E-state index contributed by atoms with van der Waals surface area (Å²) in [6, 6.07) is 8.44. The molecule has 0 aliphatic heterocycles. The summed E-state index contributed by atoms with van der Waals surface area (Å²) < 4.78 is 22.4. The van der Waals surface area contributed by atoms with Crippen molar-refractivity contribution in [2.75, 3.05) is 25.1 Å². The zero-order chi connectivity index (χ0) is 15.0. The molecule has 1 rings (SSSR count). The predicted octanol–water partition coefficient (Wildman–Crippen LogP) is 2.59. The molecule has 0 aliphatic carbocycles.